The second-order valence-corrected chi connectivity index (χ2v) is 5.62. The van der Waals surface area contributed by atoms with Gasteiger partial charge in [-0.25, -0.2) is 9.97 Å². The summed E-state index contributed by atoms with van der Waals surface area (Å²) in [6, 6.07) is 1.97. The number of allylic oxidation sites excluding steroid dienone is 2. The molecular formula is C16H18N4O2. The van der Waals surface area contributed by atoms with Gasteiger partial charge >= 0.3 is 0 Å². The first kappa shape index (κ1) is 14.5. The summed E-state index contributed by atoms with van der Waals surface area (Å²) in [4.78, 5) is 22.3. The second kappa shape index (κ2) is 6.56. The number of hydrogen-bond acceptors (Lipinski definition) is 5. The molecule has 0 N–H and O–H groups in total. The van der Waals surface area contributed by atoms with Crippen LogP contribution in [-0.2, 0) is 4.79 Å². The first-order chi connectivity index (χ1) is 10.8. The highest BCUT2D eigenvalue weighted by Gasteiger charge is 2.32. The molecule has 0 saturated carbocycles. The summed E-state index contributed by atoms with van der Waals surface area (Å²) in [5.74, 6) is 0.579. The van der Waals surface area contributed by atoms with E-state index in [-0.39, 0.29) is 29.5 Å². The molecule has 22 heavy (non-hydrogen) atoms. The van der Waals surface area contributed by atoms with E-state index in [2.05, 4.69) is 22.1 Å². The predicted octanol–water partition coefficient (Wildman–Crippen LogP) is 1.68. The Morgan fingerprint density at radius 2 is 2.18 bits per heavy atom. The molecule has 1 aromatic rings. The highest BCUT2D eigenvalue weighted by atomic mass is 16.5. The third-order valence-electron chi connectivity index (χ3n) is 4.12. The molecule has 1 aliphatic heterocycles. The van der Waals surface area contributed by atoms with Gasteiger partial charge in [-0.2, -0.15) is 5.26 Å². The van der Waals surface area contributed by atoms with E-state index >= 15 is 0 Å². The molecular weight excluding hydrogens is 280 g/mol. The first-order valence-electron chi connectivity index (χ1n) is 7.59. The molecule has 2 heterocycles. The van der Waals surface area contributed by atoms with Gasteiger partial charge in [0.15, 0.2) is 0 Å². The van der Waals surface area contributed by atoms with Crippen molar-refractivity contribution in [2.45, 2.75) is 31.8 Å². The van der Waals surface area contributed by atoms with E-state index in [1.54, 1.807) is 0 Å². The van der Waals surface area contributed by atoms with Crippen LogP contribution < -0.4 is 4.74 Å². The van der Waals surface area contributed by atoms with E-state index in [9.17, 15) is 4.79 Å². The number of nitrogens with zero attached hydrogens (tertiary/aromatic N) is 4. The number of carbonyl (C=O) groups excluding carboxylic acids is 1. The van der Waals surface area contributed by atoms with Crippen molar-refractivity contribution in [3.8, 4) is 11.9 Å². The number of amides is 1. The maximum atomic E-state index is 12.5. The number of nitriles is 1. The minimum atomic E-state index is -0.119. The highest BCUT2D eigenvalue weighted by molar-refractivity contribution is 5.79. The molecule has 1 aliphatic carbocycles. The van der Waals surface area contributed by atoms with Crippen molar-refractivity contribution < 1.29 is 9.53 Å². The van der Waals surface area contributed by atoms with Crippen molar-refractivity contribution in [1.29, 1.82) is 5.26 Å². The molecule has 0 bridgehead atoms. The van der Waals surface area contributed by atoms with Crippen LogP contribution in [0.3, 0.4) is 0 Å². The number of aromatic nitrogens is 2. The van der Waals surface area contributed by atoms with Gasteiger partial charge in [0.25, 0.3) is 5.88 Å². The van der Waals surface area contributed by atoms with E-state index in [4.69, 9.17) is 10.00 Å². The Morgan fingerprint density at radius 1 is 1.32 bits per heavy atom. The smallest absolute Gasteiger partial charge is 0.251 e. The van der Waals surface area contributed by atoms with Gasteiger partial charge in [-0.05, 0) is 19.3 Å². The van der Waals surface area contributed by atoms with Gasteiger partial charge in [0, 0.05) is 31.3 Å². The SMILES string of the molecule is N#Cc1nccnc1O[C@@H]1CCN(C(=O)[C@H]2CC=CCC2)C1. The van der Waals surface area contributed by atoms with Crippen molar-refractivity contribution in [3.63, 3.8) is 0 Å². The Kier molecular flexibility index (Phi) is 4.33. The fraction of sp³-hybridized carbons (Fsp3) is 0.500. The Labute approximate surface area is 129 Å². The summed E-state index contributed by atoms with van der Waals surface area (Å²) in [7, 11) is 0. The predicted molar refractivity (Wildman–Crippen MR) is 78.8 cm³/mol. The van der Waals surface area contributed by atoms with Gasteiger partial charge < -0.3 is 9.64 Å². The molecule has 6 heteroatoms. The highest BCUT2D eigenvalue weighted by Crippen LogP contribution is 2.24. The largest absolute Gasteiger partial charge is 0.470 e. The molecule has 3 rings (SSSR count). The summed E-state index contributed by atoms with van der Waals surface area (Å²) in [5.41, 5.74) is 0.185. The zero-order chi connectivity index (χ0) is 15.4. The van der Waals surface area contributed by atoms with Crippen LogP contribution in [0.15, 0.2) is 24.5 Å². The van der Waals surface area contributed by atoms with Crippen LogP contribution in [0.2, 0.25) is 0 Å². The summed E-state index contributed by atoms with van der Waals surface area (Å²) in [5, 5.41) is 9.00. The number of likely N-dealkylation sites (tertiary alicyclic amines) is 1. The summed E-state index contributed by atoms with van der Waals surface area (Å²) in [6.45, 7) is 1.26. The van der Waals surface area contributed by atoms with Crippen molar-refractivity contribution >= 4 is 5.91 Å². The third-order valence-corrected chi connectivity index (χ3v) is 4.12. The van der Waals surface area contributed by atoms with Crippen molar-refractivity contribution in [1.82, 2.24) is 14.9 Å². The summed E-state index contributed by atoms with van der Waals surface area (Å²) in [6.07, 6.45) is 10.6. The molecule has 2 aliphatic rings. The zero-order valence-electron chi connectivity index (χ0n) is 12.3. The van der Waals surface area contributed by atoms with Crippen LogP contribution in [-0.4, -0.2) is 40.0 Å². The van der Waals surface area contributed by atoms with Crippen LogP contribution >= 0.6 is 0 Å². The fourth-order valence-electron chi connectivity index (χ4n) is 2.95. The average Bonchev–Trinajstić information content (AvgIpc) is 3.04. The maximum absolute atomic E-state index is 12.5. The standard InChI is InChI=1S/C16H18N4O2/c17-10-14-15(19-8-7-18-14)22-13-6-9-20(11-13)16(21)12-4-2-1-3-5-12/h1-2,7-8,12-13H,3-6,9,11H2/t12-,13+/m0/s1. The van der Waals surface area contributed by atoms with E-state index in [1.807, 2.05) is 11.0 Å². The van der Waals surface area contributed by atoms with E-state index < -0.39 is 0 Å². The molecule has 1 amide bonds. The molecule has 2 atom stereocenters. The molecule has 0 unspecified atom stereocenters. The quantitative estimate of drug-likeness (QED) is 0.793. The molecule has 0 radical (unpaired) electrons. The molecule has 114 valence electrons. The second-order valence-electron chi connectivity index (χ2n) is 5.62. The molecule has 6 nitrogen and oxygen atoms in total. The number of hydrogen-bond donors (Lipinski definition) is 0. The molecule has 1 fully saturated rings. The van der Waals surface area contributed by atoms with Gasteiger partial charge in [-0.15, -0.1) is 0 Å². The van der Waals surface area contributed by atoms with E-state index in [0.29, 0.717) is 13.1 Å². The molecule has 1 aromatic heterocycles. The lowest BCUT2D eigenvalue weighted by Gasteiger charge is -2.24. The van der Waals surface area contributed by atoms with E-state index in [1.165, 1.54) is 12.4 Å². The van der Waals surface area contributed by atoms with Crippen LogP contribution in [0.1, 0.15) is 31.4 Å². The van der Waals surface area contributed by atoms with Crippen LogP contribution in [0.25, 0.3) is 0 Å². The number of ether oxygens (including phenoxy) is 1. The van der Waals surface area contributed by atoms with Crippen LogP contribution in [0.5, 0.6) is 5.88 Å². The minimum absolute atomic E-state index is 0.106. The lowest BCUT2D eigenvalue weighted by atomic mass is 9.93. The summed E-state index contributed by atoms with van der Waals surface area (Å²) >= 11 is 0. The van der Waals surface area contributed by atoms with Gasteiger partial charge in [-0.3, -0.25) is 4.79 Å². The number of carbonyl (C=O) groups is 1. The van der Waals surface area contributed by atoms with Gasteiger partial charge in [0.2, 0.25) is 11.6 Å². The fourth-order valence-corrected chi connectivity index (χ4v) is 2.95. The normalized spacial score (nSPS) is 24.0. The Hall–Kier alpha value is -2.42. The number of rotatable bonds is 3. The third kappa shape index (κ3) is 3.08. The van der Waals surface area contributed by atoms with Gasteiger partial charge in [-0.1, -0.05) is 12.2 Å². The molecule has 0 aromatic carbocycles. The lowest BCUT2D eigenvalue weighted by molar-refractivity contribution is -0.135. The van der Waals surface area contributed by atoms with Crippen LogP contribution in [0.4, 0.5) is 0 Å². The van der Waals surface area contributed by atoms with Crippen LogP contribution in [0, 0.1) is 17.2 Å². The molecule has 1 saturated heterocycles. The topological polar surface area (TPSA) is 79.1 Å². The lowest BCUT2D eigenvalue weighted by Crippen LogP contribution is -2.36. The zero-order valence-corrected chi connectivity index (χ0v) is 12.3. The van der Waals surface area contributed by atoms with Crippen molar-refractivity contribution in [2.75, 3.05) is 13.1 Å². The van der Waals surface area contributed by atoms with Gasteiger partial charge in [0.05, 0.1) is 6.54 Å². The summed E-state index contributed by atoms with van der Waals surface area (Å²) < 4.78 is 5.76. The van der Waals surface area contributed by atoms with E-state index in [0.717, 1.165) is 25.7 Å². The maximum Gasteiger partial charge on any atom is 0.251 e. The van der Waals surface area contributed by atoms with Crippen molar-refractivity contribution in [2.24, 2.45) is 5.92 Å². The Morgan fingerprint density at radius 3 is 2.95 bits per heavy atom. The monoisotopic (exact) mass is 298 g/mol. The Balaban J connectivity index is 1.59. The average molecular weight is 298 g/mol. The first-order valence-corrected chi connectivity index (χ1v) is 7.59. The molecule has 0 spiro atoms. The minimum Gasteiger partial charge on any atom is -0.470 e. The van der Waals surface area contributed by atoms with Gasteiger partial charge in [0.1, 0.15) is 12.2 Å². The van der Waals surface area contributed by atoms with Crippen molar-refractivity contribution in [3.05, 3.63) is 30.2 Å². The Bertz CT molecular complexity index is 623.